The van der Waals surface area contributed by atoms with Gasteiger partial charge < -0.3 is 14.8 Å². The van der Waals surface area contributed by atoms with Crippen molar-refractivity contribution in [2.45, 2.75) is 32.7 Å². The molecule has 0 radical (unpaired) electrons. The van der Waals surface area contributed by atoms with Crippen LogP contribution in [0.4, 0.5) is 5.69 Å². The van der Waals surface area contributed by atoms with Gasteiger partial charge in [-0.25, -0.2) is 4.98 Å². The molecule has 1 saturated heterocycles. The van der Waals surface area contributed by atoms with Crippen molar-refractivity contribution in [3.63, 3.8) is 0 Å². The monoisotopic (exact) mass is 375 g/mol. The molecule has 1 aliphatic heterocycles. The number of hydrogen-bond acceptors (Lipinski definition) is 6. The fourth-order valence-corrected chi connectivity index (χ4v) is 4.14. The highest BCUT2D eigenvalue weighted by molar-refractivity contribution is 7.13. The number of thiazole rings is 1. The number of carbonyl (C=O) groups excluding carboxylic acids is 1. The normalized spacial score (nSPS) is 14.9. The van der Waals surface area contributed by atoms with Gasteiger partial charge >= 0.3 is 0 Å². The van der Waals surface area contributed by atoms with Crippen molar-refractivity contribution in [2.75, 3.05) is 32.6 Å². The summed E-state index contributed by atoms with van der Waals surface area (Å²) >= 11 is 1.48. The Bertz CT molecular complexity index is 769. The van der Waals surface area contributed by atoms with Gasteiger partial charge in [0.25, 0.3) is 5.91 Å². The van der Waals surface area contributed by atoms with Gasteiger partial charge in [0.15, 0.2) is 11.5 Å². The van der Waals surface area contributed by atoms with Crippen LogP contribution in [0.25, 0.3) is 0 Å². The lowest BCUT2D eigenvalue weighted by Gasteiger charge is -2.25. The summed E-state index contributed by atoms with van der Waals surface area (Å²) in [7, 11) is 3.16. The number of anilines is 1. The molecule has 1 amide bonds. The van der Waals surface area contributed by atoms with Crippen molar-refractivity contribution in [1.82, 2.24) is 9.88 Å². The van der Waals surface area contributed by atoms with Crippen molar-refractivity contribution in [3.8, 4) is 11.5 Å². The van der Waals surface area contributed by atoms with Crippen LogP contribution in [0, 0.1) is 6.92 Å². The number of carbonyl (C=O) groups is 1. The van der Waals surface area contributed by atoms with Crippen molar-refractivity contribution >= 4 is 22.9 Å². The molecule has 1 fully saturated rings. The number of aromatic nitrogens is 1. The molecule has 2 heterocycles. The lowest BCUT2D eigenvalue weighted by Crippen LogP contribution is -2.28. The molecule has 2 aromatic rings. The molecule has 6 nitrogen and oxygen atoms in total. The van der Waals surface area contributed by atoms with Gasteiger partial charge in [0.2, 0.25) is 0 Å². The number of amides is 1. The van der Waals surface area contributed by atoms with E-state index in [2.05, 4.69) is 15.2 Å². The summed E-state index contributed by atoms with van der Waals surface area (Å²) in [6.45, 7) is 4.95. The van der Waals surface area contributed by atoms with Gasteiger partial charge in [-0.3, -0.25) is 9.69 Å². The Labute approximate surface area is 158 Å². The van der Waals surface area contributed by atoms with E-state index in [4.69, 9.17) is 9.47 Å². The summed E-state index contributed by atoms with van der Waals surface area (Å²) < 4.78 is 10.5. The van der Waals surface area contributed by atoms with Crippen molar-refractivity contribution in [3.05, 3.63) is 33.8 Å². The standard InChI is InChI=1S/C19H25N3O3S/c1-13-18(26-17(20-13)12-22-9-5-4-6-10-22)19(23)21-14-7-8-15(24-2)16(11-14)25-3/h7-8,11H,4-6,9-10,12H2,1-3H3,(H,21,23). The van der Waals surface area contributed by atoms with Crippen molar-refractivity contribution in [2.24, 2.45) is 0 Å². The summed E-state index contributed by atoms with van der Waals surface area (Å²) in [5, 5.41) is 3.93. The van der Waals surface area contributed by atoms with Gasteiger partial charge in [0.05, 0.1) is 26.5 Å². The predicted molar refractivity (Wildman–Crippen MR) is 103 cm³/mol. The second kappa shape index (κ2) is 8.51. The Hall–Kier alpha value is -2.12. The van der Waals surface area contributed by atoms with Crippen LogP contribution in [0.2, 0.25) is 0 Å². The molecule has 1 N–H and O–H groups in total. The molecule has 7 heteroatoms. The molecule has 0 saturated carbocycles. The van der Waals surface area contributed by atoms with E-state index in [-0.39, 0.29) is 5.91 Å². The van der Waals surface area contributed by atoms with E-state index in [1.54, 1.807) is 32.4 Å². The fourth-order valence-electron chi connectivity index (χ4n) is 3.14. The number of hydrogen-bond donors (Lipinski definition) is 1. The number of aryl methyl sites for hydroxylation is 1. The number of ether oxygens (including phenoxy) is 2. The first-order chi connectivity index (χ1) is 12.6. The highest BCUT2D eigenvalue weighted by atomic mass is 32.1. The summed E-state index contributed by atoms with van der Waals surface area (Å²) in [6, 6.07) is 5.32. The number of nitrogens with one attached hydrogen (secondary N) is 1. The smallest absolute Gasteiger partial charge is 0.267 e. The third-order valence-corrected chi connectivity index (χ3v) is 5.64. The van der Waals surface area contributed by atoms with Crippen LogP contribution in [-0.2, 0) is 6.54 Å². The highest BCUT2D eigenvalue weighted by Crippen LogP contribution is 2.30. The Balaban J connectivity index is 1.69. The Morgan fingerprint density at radius 3 is 2.62 bits per heavy atom. The maximum absolute atomic E-state index is 12.7. The van der Waals surface area contributed by atoms with Crippen LogP contribution in [0.3, 0.4) is 0 Å². The zero-order valence-corrected chi connectivity index (χ0v) is 16.3. The van der Waals surface area contributed by atoms with E-state index >= 15 is 0 Å². The van der Waals surface area contributed by atoms with Crippen LogP contribution in [0.1, 0.15) is 39.6 Å². The van der Waals surface area contributed by atoms with Gasteiger partial charge in [-0.2, -0.15) is 0 Å². The van der Waals surface area contributed by atoms with Crippen LogP contribution in [0.15, 0.2) is 18.2 Å². The summed E-state index contributed by atoms with van der Waals surface area (Å²) in [5.41, 5.74) is 1.44. The van der Waals surface area contributed by atoms with Crippen LogP contribution in [-0.4, -0.2) is 43.1 Å². The number of likely N-dealkylation sites (tertiary alicyclic amines) is 1. The number of rotatable bonds is 6. The molecular formula is C19H25N3O3S. The zero-order valence-electron chi connectivity index (χ0n) is 15.5. The van der Waals surface area contributed by atoms with Crippen molar-refractivity contribution in [1.29, 1.82) is 0 Å². The van der Waals surface area contributed by atoms with E-state index < -0.39 is 0 Å². The largest absolute Gasteiger partial charge is 0.493 e. The predicted octanol–water partition coefficient (Wildman–Crippen LogP) is 3.71. The second-order valence-electron chi connectivity index (χ2n) is 6.38. The topological polar surface area (TPSA) is 63.7 Å². The van der Waals surface area contributed by atoms with E-state index in [1.807, 2.05) is 6.92 Å². The molecule has 1 aliphatic rings. The molecular weight excluding hydrogens is 350 g/mol. The van der Waals surface area contributed by atoms with Crippen molar-refractivity contribution < 1.29 is 14.3 Å². The molecule has 0 bridgehead atoms. The minimum absolute atomic E-state index is 0.142. The molecule has 1 aromatic carbocycles. The van der Waals surface area contributed by atoms with E-state index in [1.165, 1.54) is 30.6 Å². The fraction of sp³-hybridized carbons (Fsp3) is 0.474. The second-order valence-corrected chi connectivity index (χ2v) is 7.47. The first-order valence-corrected chi connectivity index (χ1v) is 9.64. The number of methoxy groups -OCH3 is 2. The lowest BCUT2D eigenvalue weighted by molar-refractivity contribution is 0.103. The van der Waals surface area contributed by atoms with Crippen LogP contribution >= 0.6 is 11.3 Å². The van der Waals surface area contributed by atoms with Gasteiger partial charge in [-0.15, -0.1) is 11.3 Å². The molecule has 1 aromatic heterocycles. The van der Waals surface area contributed by atoms with Gasteiger partial charge in [0.1, 0.15) is 9.88 Å². The molecule has 26 heavy (non-hydrogen) atoms. The summed E-state index contributed by atoms with van der Waals surface area (Å²) in [6.07, 6.45) is 3.81. The van der Waals surface area contributed by atoms with Gasteiger partial charge in [-0.05, 0) is 45.0 Å². The van der Waals surface area contributed by atoms with E-state index in [0.717, 1.165) is 30.3 Å². The molecule has 140 valence electrons. The minimum Gasteiger partial charge on any atom is -0.493 e. The molecule has 0 aliphatic carbocycles. The van der Waals surface area contributed by atoms with E-state index in [9.17, 15) is 4.79 Å². The molecule has 3 rings (SSSR count). The Kier molecular flexibility index (Phi) is 6.11. The van der Waals surface area contributed by atoms with Gasteiger partial charge in [0, 0.05) is 11.8 Å². The SMILES string of the molecule is COc1ccc(NC(=O)c2sc(CN3CCCCC3)nc2C)cc1OC. The average molecular weight is 375 g/mol. The third kappa shape index (κ3) is 4.34. The maximum Gasteiger partial charge on any atom is 0.267 e. The Morgan fingerprint density at radius 1 is 1.19 bits per heavy atom. The van der Waals surface area contributed by atoms with Crippen LogP contribution in [0.5, 0.6) is 11.5 Å². The first-order valence-electron chi connectivity index (χ1n) is 8.82. The molecule has 0 unspecified atom stereocenters. The van der Waals surface area contributed by atoms with E-state index in [0.29, 0.717) is 22.1 Å². The first kappa shape index (κ1) is 18.7. The molecule has 0 atom stereocenters. The van der Waals surface area contributed by atoms with Crippen LogP contribution < -0.4 is 14.8 Å². The number of benzene rings is 1. The quantitative estimate of drug-likeness (QED) is 0.834. The molecule has 0 spiro atoms. The minimum atomic E-state index is -0.142. The number of nitrogens with zero attached hydrogens (tertiary/aromatic N) is 2. The summed E-state index contributed by atoms with van der Waals surface area (Å²) in [5.74, 6) is 1.07. The maximum atomic E-state index is 12.7. The average Bonchev–Trinajstić information content (AvgIpc) is 3.02. The van der Waals surface area contributed by atoms with Gasteiger partial charge in [-0.1, -0.05) is 6.42 Å². The lowest BCUT2D eigenvalue weighted by atomic mass is 10.1. The third-order valence-electron chi connectivity index (χ3n) is 4.50. The highest BCUT2D eigenvalue weighted by Gasteiger charge is 2.18. The Morgan fingerprint density at radius 2 is 1.92 bits per heavy atom. The zero-order chi connectivity index (χ0) is 18.5. The summed E-state index contributed by atoms with van der Waals surface area (Å²) in [4.78, 5) is 20.3. The number of piperidine rings is 1.